The minimum atomic E-state index is -0.220. The number of hydrogen-bond donors (Lipinski definition) is 2. The smallest absolute Gasteiger partial charge is 0.234 e. The summed E-state index contributed by atoms with van der Waals surface area (Å²) in [5, 5.41) is 5.69. The van der Waals surface area contributed by atoms with E-state index in [1.807, 2.05) is 6.92 Å². The first kappa shape index (κ1) is 12.6. The molecule has 0 bridgehead atoms. The summed E-state index contributed by atoms with van der Waals surface area (Å²) in [6, 6.07) is 4.83. The zero-order chi connectivity index (χ0) is 12.0. The summed E-state index contributed by atoms with van der Waals surface area (Å²) in [6.45, 7) is 5.17. The van der Waals surface area contributed by atoms with Crippen LogP contribution in [0.1, 0.15) is 18.1 Å². The fourth-order valence-electron chi connectivity index (χ4n) is 1.32. The normalized spacial score (nSPS) is 10.2. The van der Waals surface area contributed by atoms with E-state index < -0.39 is 0 Å². The second-order valence-corrected chi connectivity index (χ2v) is 3.64. The lowest BCUT2D eigenvalue weighted by molar-refractivity contribution is -0.120. The summed E-state index contributed by atoms with van der Waals surface area (Å²) in [4.78, 5) is 11.3. The molecule has 4 heteroatoms. The first-order valence-electron chi connectivity index (χ1n) is 5.36. The Labute approximate surface area is 95.0 Å². The number of benzene rings is 1. The van der Waals surface area contributed by atoms with Crippen molar-refractivity contribution in [2.75, 3.05) is 13.1 Å². The molecule has 0 aliphatic heterocycles. The number of halogens is 1. The highest BCUT2D eigenvalue weighted by molar-refractivity contribution is 5.77. The quantitative estimate of drug-likeness (QED) is 0.793. The van der Waals surface area contributed by atoms with Crippen LogP contribution in [0.25, 0.3) is 0 Å². The second kappa shape index (κ2) is 6.23. The molecule has 2 N–H and O–H groups in total. The molecule has 0 heterocycles. The van der Waals surface area contributed by atoms with Gasteiger partial charge in [-0.2, -0.15) is 0 Å². The number of aryl methyl sites for hydroxylation is 1. The number of rotatable bonds is 5. The minimum absolute atomic E-state index is 0.0520. The topological polar surface area (TPSA) is 41.1 Å². The van der Waals surface area contributed by atoms with Gasteiger partial charge in [0.15, 0.2) is 0 Å². The van der Waals surface area contributed by atoms with Gasteiger partial charge < -0.3 is 10.6 Å². The van der Waals surface area contributed by atoms with Crippen LogP contribution in [0, 0.1) is 12.7 Å². The van der Waals surface area contributed by atoms with Gasteiger partial charge in [-0.3, -0.25) is 4.79 Å². The van der Waals surface area contributed by atoms with Gasteiger partial charge >= 0.3 is 0 Å². The van der Waals surface area contributed by atoms with E-state index in [1.54, 1.807) is 19.1 Å². The third-order valence-electron chi connectivity index (χ3n) is 2.25. The Bertz CT molecular complexity index is 366. The molecule has 88 valence electrons. The lowest BCUT2D eigenvalue weighted by Gasteiger charge is -2.06. The highest BCUT2D eigenvalue weighted by atomic mass is 19.1. The van der Waals surface area contributed by atoms with E-state index in [0.29, 0.717) is 18.7 Å². The Morgan fingerprint density at radius 3 is 2.81 bits per heavy atom. The molecule has 0 aliphatic rings. The van der Waals surface area contributed by atoms with Crippen LogP contribution < -0.4 is 10.6 Å². The molecule has 0 atom stereocenters. The van der Waals surface area contributed by atoms with Gasteiger partial charge in [0.2, 0.25) is 5.91 Å². The summed E-state index contributed by atoms with van der Waals surface area (Å²) in [7, 11) is 0. The van der Waals surface area contributed by atoms with Crippen LogP contribution in [0.3, 0.4) is 0 Å². The maximum atomic E-state index is 13.0. The van der Waals surface area contributed by atoms with E-state index >= 15 is 0 Å². The van der Waals surface area contributed by atoms with E-state index in [9.17, 15) is 9.18 Å². The van der Waals surface area contributed by atoms with Gasteiger partial charge in [0.1, 0.15) is 5.82 Å². The third kappa shape index (κ3) is 3.98. The fourth-order valence-corrected chi connectivity index (χ4v) is 1.32. The van der Waals surface area contributed by atoms with Crippen LogP contribution in [-0.4, -0.2) is 19.0 Å². The van der Waals surface area contributed by atoms with Crippen molar-refractivity contribution in [1.29, 1.82) is 0 Å². The van der Waals surface area contributed by atoms with Gasteiger partial charge in [-0.15, -0.1) is 0 Å². The maximum absolute atomic E-state index is 13.0. The zero-order valence-electron chi connectivity index (χ0n) is 9.64. The molecule has 16 heavy (non-hydrogen) atoms. The number of likely N-dealkylation sites (N-methyl/N-ethyl adjacent to an activating group) is 1. The molecule has 1 aromatic rings. The van der Waals surface area contributed by atoms with Crippen LogP contribution >= 0.6 is 0 Å². The van der Waals surface area contributed by atoms with Crippen molar-refractivity contribution in [1.82, 2.24) is 10.6 Å². The number of amides is 1. The number of nitrogens with one attached hydrogen (secondary N) is 2. The molecule has 0 unspecified atom stereocenters. The standard InChI is InChI=1S/C12H17FN2O/c1-3-14-8-12(16)15-7-10-4-5-11(13)9(2)6-10/h4-6,14H,3,7-8H2,1-2H3,(H,15,16). The number of carbonyl (C=O) groups excluding carboxylic acids is 1. The highest BCUT2D eigenvalue weighted by Crippen LogP contribution is 2.08. The van der Waals surface area contributed by atoms with Gasteiger partial charge in [0, 0.05) is 6.54 Å². The van der Waals surface area contributed by atoms with Crippen molar-refractivity contribution in [2.45, 2.75) is 20.4 Å². The SMILES string of the molecule is CCNCC(=O)NCc1ccc(F)c(C)c1. The average Bonchev–Trinajstić information content (AvgIpc) is 2.28. The fraction of sp³-hybridized carbons (Fsp3) is 0.417. The monoisotopic (exact) mass is 224 g/mol. The molecule has 0 aromatic heterocycles. The van der Waals surface area contributed by atoms with Crippen molar-refractivity contribution in [3.63, 3.8) is 0 Å². The second-order valence-electron chi connectivity index (χ2n) is 3.64. The summed E-state index contributed by atoms with van der Waals surface area (Å²) < 4.78 is 13.0. The third-order valence-corrected chi connectivity index (χ3v) is 2.25. The molecule has 0 radical (unpaired) electrons. The predicted octanol–water partition coefficient (Wildman–Crippen LogP) is 1.36. The van der Waals surface area contributed by atoms with Gasteiger partial charge in [0.25, 0.3) is 0 Å². The Kier molecular flexibility index (Phi) is 4.92. The Hall–Kier alpha value is -1.42. The van der Waals surface area contributed by atoms with Crippen molar-refractivity contribution in [2.24, 2.45) is 0 Å². The van der Waals surface area contributed by atoms with Gasteiger partial charge in [-0.1, -0.05) is 19.1 Å². The molecular formula is C12H17FN2O. The lowest BCUT2D eigenvalue weighted by atomic mass is 10.1. The van der Waals surface area contributed by atoms with E-state index in [2.05, 4.69) is 10.6 Å². The first-order chi connectivity index (χ1) is 7.63. The molecule has 0 aliphatic carbocycles. The van der Waals surface area contributed by atoms with Crippen LogP contribution in [0.15, 0.2) is 18.2 Å². The largest absolute Gasteiger partial charge is 0.351 e. The molecule has 0 fully saturated rings. The predicted molar refractivity (Wildman–Crippen MR) is 61.5 cm³/mol. The molecule has 3 nitrogen and oxygen atoms in total. The van der Waals surface area contributed by atoms with Crippen LogP contribution in [0.5, 0.6) is 0 Å². The number of hydrogen-bond acceptors (Lipinski definition) is 2. The van der Waals surface area contributed by atoms with Crippen molar-refractivity contribution in [3.8, 4) is 0 Å². The molecule has 0 saturated carbocycles. The minimum Gasteiger partial charge on any atom is -0.351 e. The molecule has 1 aromatic carbocycles. The van der Waals surface area contributed by atoms with Gasteiger partial charge in [0.05, 0.1) is 6.54 Å². The summed E-state index contributed by atoms with van der Waals surface area (Å²) in [5.74, 6) is -0.272. The molecule has 0 saturated heterocycles. The van der Waals surface area contributed by atoms with Crippen molar-refractivity contribution >= 4 is 5.91 Å². The summed E-state index contributed by atoms with van der Waals surface area (Å²) in [5.41, 5.74) is 1.50. The highest BCUT2D eigenvalue weighted by Gasteiger charge is 2.02. The van der Waals surface area contributed by atoms with Crippen molar-refractivity contribution < 1.29 is 9.18 Å². The first-order valence-corrected chi connectivity index (χ1v) is 5.36. The van der Waals surface area contributed by atoms with Crippen LogP contribution in [-0.2, 0) is 11.3 Å². The van der Waals surface area contributed by atoms with E-state index in [1.165, 1.54) is 6.07 Å². The maximum Gasteiger partial charge on any atom is 0.234 e. The Morgan fingerprint density at radius 1 is 1.44 bits per heavy atom. The van der Waals surface area contributed by atoms with Crippen molar-refractivity contribution in [3.05, 3.63) is 35.1 Å². The van der Waals surface area contributed by atoms with Crippen LogP contribution in [0.2, 0.25) is 0 Å². The molecule has 1 amide bonds. The summed E-state index contributed by atoms with van der Waals surface area (Å²) in [6.07, 6.45) is 0. The number of carbonyl (C=O) groups is 1. The van der Waals surface area contributed by atoms with E-state index in [4.69, 9.17) is 0 Å². The Balaban J connectivity index is 2.42. The lowest BCUT2D eigenvalue weighted by Crippen LogP contribution is -2.33. The van der Waals surface area contributed by atoms with Crippen LogP contribution in [0.4, 0.5) is 4.39 Å². The summed E-state index contributed by atoms with van der Waals surface area (Å²) >= 11 is 0. The average molecular weight is 224 g/mol. The molecule has 1 rings (SSSR count). The van der Waals surface area contributed by atoms with Gasteiger partial charge in [-0.05, 0) is 30.7 Å². The van der Waals surface area contributed by atoms with E-state index in [-0.39, 0.29) is 11.7 Å². The van der Waals surface area contributed by atoms with Gasteiger partial charge in [-0.25, -0.2) is 4.39 Å². The molecular weight excluding hydrogens is 207 g/mol. The Morgan fingerprint density at radius 2 is 2.19 bits per heavy atom. The molecule has 0 spiro atoms. The van der Waals surface area contributed by atoms with E-state index in [0.717, 1.165) is 12.1 Å². The zero-order valence-corrected chi connectivity index (χ0v) is 9.64.